The smallest absolute Gasteiger partial charge is 0.104 e. The van der Waals surface area contributed by atoms with E-state index in [-0.39, 0.29) is 0 Å². The SMILES string of the molecule is CCCC(CC)[C@@](C)(N)C#N. The third-order valence-electron chi connectivity index (χ3n) is 2.22. The fourth-order valence-corrected chi connectivity index (χ4v) is 1.37. The summed E-state index contributed by atoms with van der Waals surface area (Å²) in [5, 5.41) is 8.75. The molecule has 0 aliphatic heterocycles. The van der Waals surface area contributed by atoms with Gasteiger partial charge in [0, 0.05) is 0 Å². The van der Waals surface area contributed by atoms with Crippen molar-refractivity contribution in [1.29, 1.82) is 5.26 Å². The van der Waals surface area contributed by atoms with Gasteiger partial charge in [-0.25, -0.2) is 0 Å². The van der Waals surface area contributed by atoms with E-state index in [0.29, 0.717) is 5.92 Å². The van der Waals surface area contributed by atoms with Gasteiger partial charge in [0.1, 0.15) is 5.54 Å². The summed E-state index contributed by atoms with van der Waals surface area (Å²) in [5.41, 5.74) is 5.16. The Morgan fingerprint density at radius 1 is 1.55 bits per heavy atom. The van der Waals surface area contributed by atoms with Crippen molar-refractivity contribution in [3.8, 4) is 6.07 Å². The van der Waals surface area contributed by atoms with Crippen molar-refractivity contribution in [2.75, 3.05) is 0 Å². The van der Waals surface area contributed by atoms with E-state index in [2.05, 4.69) is 19.9 Å². The van der Waals surface area contributed by atoms with Crippen molar-refractivity contribution >= 4 is 0 Å². The molecule has 0 heterocycles. The molecule has 0 aliphatic rings. The zero-order chi connectivity index (χ0) is 8.91. The molecular weight excluding hydrogens is 136 g/mol. The number of nitrogens with zero attached hydrogens (tertiary/aromatic N) is 1. The first-order valence-electron chi connectivity index (χ1n) is 4.28. The number of hydrogen-bond acceptors (Lipinski definition) is 2. The van der Waals surface area contributed by atoms with Crippen LogP contribution in [0.15, 0.2) is 0 Å². The van der Waals surface area contributed by atoms with E-state index >= 15 is 0 Å². The van der Waals surface area contributed by atoms with Gasteiger partial charge in [0.05, 0.1) is 6.07 Å². The van der Waals surface area contributed by atoms with Crippen LogP contribution >= 0.6 is 0 Å². The Morgan fingerprint density at radius 3 is 2.36 bits per heavy atom. The van der Waals surface area contributed by atoms with Crippen LogP contribution in [-0.2, 0) is 0 Å². The van der Waals surface area contributed by atoms with Crippen molar-refractivity contribution in [1.82, 2.24) is 0 Å². The Labute approximate surface area is 69.4 Å². The molecule has 1 unspecified atom stereocenters. The molecule has 0 amide bonds. The molecule has 0 aromatic heterocycles. The van der Waals surface area contributed by atoms with Crippen molar-refractivity contribution in [3.63, 3.8) is 0 Å². The highest BCUT2D eigenvalue weighted by Gasteiger charge is 2.27. The topological polar surface area (TPSA) is 49.8 Å². The van der Waals surface area contributed by atoms with Crippen LogP contribution in [0, 0.1) is 17.2 Å². The Bertz CT molecular complexity index is 144. The Balaban J connectivity index is 4.14. The largest absolute Gasteiger partial charge is 0.313 e. The van der Waals surface area contributed by atoms with Gasteiger partial charge in [-0.3, -0.25) is 0 Å². The summed E-state index contributed by atoms with van der Waals surface area (Å²) in [5.74, 6) is 0.345. The molecule has 0 aromatic rings. The van der Waals surface area contributed by atoms with Crippen LogP contribution in [0.2, 0.25) is 0 Å². The molecule has 0 rings (SSSR count). The Kier molecular flexibility index (Phi) is 4.14. The summed E-state index contributed by atoms with van der Waals surface area (Å²) < 4.78 is 0. The molecule has 0 radical (unpaired) electrons. The van der Waals surface area contributed by atoms with E-state index in [1.807, 2.05) is 6.92 Å². The van der Waals surface area contributed by atoms with Crippen molar-refractivity contribution in [2.45, 2.75) is 45.6 Å². The van der Waals surface area contributed by atoms with Crippen LogP contribution in [0.1, 0.15) is 40.0 Å². The van der Waals surface area contributed by atoms with Gasteiger partial charge in [0.2, 0.25) is 0 Å². The summed E-state index contributed by atoms with van der Waals surface area (Å²) in [7, 11) is 0. The minimum absolute atomic E-state index is 0.345. The van der Waals surface area contributed by atoms with Crippen LogP contribution in [0.5, 0.6) is 0 Å². The number of hydrogen-bond donors (Lipinski definition) is 1. The molecule has 2 N–H and O–H groups in total. The second-order valence-corrected chi connectivity index (χ2v) is 3.29. The first-order chi connectivity index (χ1) is 5.08. The van der Waals surface area contributed by atoms with Crippen molar-refractivity contribution in [3.05, 3.63) is 0 Å². The summed E-state index contributed by atoms with van der Waals surface area (Å²) in [6, 6.07) is 2.15. The summed E-state index contributed by atoms with van der Waals surface area (Å²) >= 11 is 0. The summed E-state index contributed by atoms with van der Waals surface area (Å²) in [4.78, 5) is 0. The lowest BCUT2D eigenvalue weighted by Crippen LogP contribution is -2.42. The lowest BCUT2D eigenvalue weighted by molar-refractivity contribution is 0.331. The van der Waals surface area contributed by atoms with Gasteiger partial charge in [0.15, 0.2) is 0 Å². The van der Waals surface area contributed by atoms with E-state index in [1.54, 1.807) is 0 Å². The molecule has 0 aromatic carbocycles. The fraction of sp³-hybridized carbons (Fsp3) is 0.889. The van der Waals surface area contributed by atoms with E-state index in [9.17, 15) is 0 Å². The van der Waals surface area contributed by atoms with E-state index in [4.69, 9.17) is 11.0 Å². The van der Waals surface area contributed by atoms with Gasteiger partial charge in [0.25, 0.3) is 0 Å². The average Bonchev–Trinajstić information content (AvgIpc) is 2.00. The predicted molar refractivity (Wildman–Crippen MR) is 46.9 cm³/mol. The van der Waals surface area contributed by atoms with Gasteiger partial charge in [-0.15, -0.1) is 0 Å². The molecule has 2 atom stereocenters. The maximum atomic E-state index is 8.75. The zero-order valence-corrected chi connectivity index (χ0v) is 7.72. The standard InChI is InChI=1S/C9H18N2/c1-4-6-8(5-2)9(3,11)7-10/h8H,4-6,11H2,1-3H3/t8?,9-/m0/s1. The molecule has 11 heavy (non-hydrogen) atoms. The molecular formula is C9H18N2. The number of nitrogens with two attached hydrogens (primary N) is 1. The monoisotopic (exact) mass is 154 g/mol. The van der Waals surface area contributed by atoms with Gasteiger partial charge in [-0.2, -0.15) is 5.26 Å². The minimum Gasteiger partial charge on any atom is -0.313 e. The predicted octanol–water partition coefficient (Wildman–Crippen LogP) is 2.05. The zero-order valence-electron chi connectivity index (χ0n) is 7.72. The molecule has 64 valence electrons. The first kappa shape index (κ1) is 10.4. The molecule has 0 aliphatic carbocycles. The lowest BCUT2D eigenvalue weighted by atomic mass is 9.83. The average molecular weight is 154 g/mol. The molecule has 0 spiro atoms. The maximum absolute atomic E-state index is 8.75. The third kappa shape index (κ3) is 2.90. The van der Waals surface area contributed by atoms with Crippen molar-refractivity contribution < 1.29 is 0 Å². The molecule has 0 saturated carbocycles. The Morgan fingerprint density at radius 2 is 2.09 bits per heavy atom. The normalized spacial score (nSPS) is 18.5. The van der Waals surface area contributed by atoms with E-state index in [1.165, 1.54) is 0 Å². The highest BCUT2D eigenvalue weighted by molar-refractivity contribution is 5.04. The van der Waals surface area contributed by atoms with Crippen LogP contribution in [0.4, 0.5) is 0 Å². The highest BCUT2D eigenvalue weighted by Crippen LogP contribution is 2.22. The van der Waals surface area contributed by atoms with Crippen LogP contribution < -0.4 is 5.73 Å². The van der Waals surface area contributed by atoms with Crippen LogP contribution in [0.3, 0.4) is 0 Å². The van der Waals surface area contributed by atoms with E-state index < -0.39 is 5.54 Å². The molecule has 0 fully saturated rings. The molecule has 0 saturated heterocycles. The van der Waals surface area contributed by atoms with Crippen LogP contribution in [-0.4, -0.2) is 5.54 Å². The van der Waals surface area contributed by atoms with Crippen molar-refractivity contribution in [2.24, 2.45) is 11.7 Å². The first-order valence-corrected chi connectivity index (χ1v) is 4.28. The maximum Gasteiger partial charge on any atom is 0.104 e. The second-order valence-electron chi connectivity index (χ2n) is 3.29. The third-order valence-corrected chi connectivity index (χ3v) is 2.22. The molecule has 2 nitrogen and oxygen atoms in total. The highest BCUT2D eigenvalue weighted by atomic mass is 14.7. The quantitative estimate of drug-likeness (QED) is 0.673. The van der Waals surface area contributed by atoms with Gasteiger partial charge in [-0.1, -0.05) is 26.7 Å². The lowest BCUT2D eigenvalue weighted by Gasteiger charge is -2.26. The minimum atomic E-state index is -0.634. The summed E-state index contributed by atoms with van der Waals surface area (Å²) in [6.45, 7) is 6.02. The molecule has 2 heteroatoms. The van der Waals surface area contributed by atoms with Crippen LogP contribution in [0.25, 0.3) is 0 Å². The summed E-state index contributed by atoms with van der Waals surface area (Å²) in [6.07, 6.45) is 3.15. The van der Waals surface area contributed by atoms with Gasteiger partial charge >= 0.3 is 0 Å². The molecule has 0 bridgehead atoms. The number of nitriles is 1. The van der Waals surface area contributed by atoms with Gasteiger partial charge < -0.3 is 5.73 Å². The number of rotatable bonds is 4. The Hall–Kier alpha value is -0.550. The second kappa shape index (κ2) is 4.35. The van der Waals surface area contributed by atoms with E-state index in [0.717, 1.165) is 19.3 Å². The van der Waals surface area contributed by atoms with Gasteiger partial charge in [-0.05, 0) is 19.3 Å². The fourth-order valence-electron chi connectivity index (χ4n) is 1.37.